The smallest absolute Gasteiger partial charge is 0.122 e. The molecule has 0 spiro atoms. The summed E-state index contributed by atoms with van der Waals surface area (Å²) in [5, 5.41) is 13.6. The Balaban J connectivity index is 1.81. The molecular weight excluding hydrogens is 310 g/mol. The maximum absolute atomic E-state index is 10.2. The van der Waals surface area contributed by atoms with E-state index in [0.29, 0.717) is 12.5 Å². The molecule has 0 heterocycles. The third-order valence-corrected chi connectivity index (χ3v) is 4.52. The Bertz CT molecular complexity index is 637. The molecule has 0 radical (unpaired) electrons. The number of aliphatic hydroxyl groups excluding tert-OH is 1. The first-order chi connectivity index (χ1) is 12.0. The highest BCUT2D eigenvalue weighted by Crippen LogP contribution is 2.25. The third kappa shape index (κ3) is 5.87. The van der Waals surface area contributed by atoms with Gasteiger partial charge in [0.25, 0.3) is 0 Å². The number of hydrogen-bond donors (Lipinski definition) is 2. The van der Waals surface area contributed by atoms with Crippen LogP contribution in [0.15, 0.2) is 48.5 Å². The molecule has 2 unspecified atom stereocenters. The number of aryl methyl sites for hydroxylation is 1. The second-order valence-corrected chi connectivity index (χ2v) is 6.88. The summed E-state index contributed by atoms with van der Waals surface area (Å²) < 4.78 is 5.84. The van der Waals surface area contributed by atoms with Gasteiger partial charge in [-0.1, -0.05) is 63.2 Å². The van der Waals surface area contributed by atoms with Crippen molar-refractivity contribution in [3.63, 3.8) is 0 Å². The summed E-state index contributed by atoms with van der Waals surface area (Å²) in [6.07, 6.45) is 0.508. The topological polar surface area (TPSA) is 41.5 Å². The monoisotopic (exact) mass is 341 g/mol. The Labute approximate surface area is 152 Å². The summed E-state index contributed by atoms with van der Waals surface area (Å²) in [5.41, 5.74) is 3.75. The van der Waals surface area contributed by atoms with Crippen LogP contribution < -0.4 is 10.1 Å². The molecular formula is C22H31NO2. The van der Waals surface area contributed by atoms with Gasteiger partial charge in [0.15, 0.2) is 0 Å². The average molecular weight is 341 g/mol. The van der Waals surface area contributed by atoms with Gasteiger partial charge >= 0.3 is 0 Å². The van der Waals surface area contributed by atoms with Crippen molar-refractivity contribution >= 4 is 0 Å². The minimum atomic E-state index is -0.544. The van der Waals surface area contributed by atoms with Gasteiger partial charge in [0.05, 0.1) is 0 Å². The summed E-state index contributed by atoms with van der Waals surface area (Å²) >= 11 is 0. The van der Waals surface area contributed by atoms with Crippen LogP contribution in [0.1, 0.15) is 56.3 Å². The molecule has 0 saturated carbocycles. The largest absolute Gasteiger partial charge is 0.491 e. The maximum atomic E-state index is 10.2. The van der Waals surface area contributed by atoms with Crippen molar-refractivity contribution in [3.8, 4) is 5.75 Å². The number of hydrogen-bond acceptors (Lipinski definition) is 3. The van der Waals surface area contributed by atoms with Crippen LogP contribution in [0.2, 0.25) is 0 Å². The van der Waals surface area contributed by atoms with E-state index in [4.69, 9.17) is 4.74 Å². The lowest BCUT2D eigenvalue weighted by molar-refractivity contribution is 0.103. The molecule has 2 atom stereocenters. The first-order valence-corrected chi connectivity index (χ1v) is 9.23. The van der Waals surface area contributed by atoms with Gasteiger partial charge in [-0.2, -0.15) is 0 Å². The quantitative estimate of drug-likeness (QED) is 0.707. The SMILES string of the molecule is CCc1ccc(C(C)NCC(O)COc2ccccc2C(C)C)cc1. The summed E-state index contributed by atoms with van der Waals surface area (Å²) in [4.78, 5) is 0. The van der Waals surface area contributed by atoms with Gasteiger partial charge in [-0.3, -0.25) is 0 Å². The minimum Gasteiger partial charge on any atom is -0.491 e. The molecule has 3 heteroatoms. The normalized spacial score (nSPS) is 13.7. The van der Waals surface area contributed by atoms with E-state index in [2.05, 4.69) is 63.3 Å². The number of aliphatic hydroxyl groups is 1. The molecule has 0 saturated heterocycles. The number of nitrogens with one attached hydrogen (secondary N) is 1. The standard InChI is InChI=1S/C22H31NO2/c1-5-18-10-12-19(13-11-18)17(4)23-14-20(24)15-25-22-9-7-6-8-21(22)16(2)3/h6-13,16-17,20,23-24H,5,14-15H2,1-4H3. The summed E-state index contributed by atoms with van der Waals surface area (Å²) in [6, 6.07) is 16.9. The fourth-order valence-corrected chi connectivity index (χ4v) is 2.81. The molecule has 0 aliphatic rings. The third-order valence-electron chi connectivity index (χ3n) is 4.52. The summed E-state index contributed by atoms with van der Waals surface area (Å²) in [6.45, 7) is 9.35. The summed E-state index contributed by atoms with van der Waals surface area (Å²) in [7, 11) is 0. The fourth-order valence-electron chi connectivity index (χ4n) is 2.81. The number of rotatable bonds is 9. The molecule has 2 rings (SSSR count). The Morgan fingerprint density at radius 3 is 2.32 bits per heavy atom. The van der Waals surface area contributed by atoms with Crippen molar-refractivity contribution in [2.45, 2.75) is 52.2 Å². The van der Waals surface area contributed by atoms with Crippen LogP contribution in [0.4, 0.5) is 0 Å². The Kier molecular flexibility index (Phi) is 7.48. The molecule has 0 fully saturated rings. The van der Waals surface area contributed by atoms with Crippen molar-refractivity contribution in [1.29, 1.82) is 0 Å². The molecule has 136 valence electrons. The molecule has 0 amide bonds. The molecule has 0 bridgehead atoms. The van der Waals surface area contributed by atoms with Crippen LogP contribution in [0.25, 0.3) is 0 Å². The van der Waals surface area contributed by atoms with E-state index in [0.717, 1.165) is 12.2 Å². The Hall–Kier alpha value is -1.84. The van der Waals surface area contributed by atoms with Crippen molar-refractivity contribution in [3.05, 3.63) is 65.2 Å². The van der Waals surface area contributed by atoms with Gasteiger partial charge in [-0.15, -0.1) is 0 Å². The van der Waals surface area contributed by atoms with Crippen LogP contribution >= 0.6 is 0 Å². The lowest BCUT2D eigenvalue weighted by atomic mass is 10.0. The van der Waals surface area contributed by atoms with Crippen molar-refractivity contribution in [2.24, 2.45) is 0 Å². The minimum absolute atomic E-state index is 0.198. The van der Waals surface area contributed by atoms with Gasteiger partial charge in [0.2, 0.25) is 0 Å². The Morgan fingerprint density at radius 1 is 1.00 bits per heavy atom. The highest BCUT2D eigenvalue weighted by Gasteiger charge is 2.12. The van der Waals surface area contributed by atoms with Crippen LogP contribution in [-0.2, 0) is 6.42 Å². The van der Waals surface area contributed by atoms with Gasteiger partial charge in [-0.25, -0.2) is 0 Å². The first-order valence-electron chi connectivity index (χ1n) is 9.23. The molecule has 2 aromatic rings. The van der Waals surface area contributed by atoms with Gasteiger partial charge in [-0.05, 0) is 42.0 Å². The van der Waals surface area contributed by atoms with Crippen molar-refractivity contribution in [2.75, 3.05) is 13.2 Å². The zero-order chi connectivity index (χ0) is 18.2. The van der Waals surface area contributed by atoms with Crippen LogP contribution in [0.5, 0.6) is 5.75 Å². The molecule has 2 N–H and O–H groups in total. The zero-order valence-corrected chi connectivity index (χ0v) is 15.8. The summed E-state index contributed by atoms with van der Waals surface area (Å²) in [5.74, 6) is 1.26. The van der Waals surface area contributed by atoms with Gasteiger partial charge in [0.1, 0.15) is 18.5 Å². The molecule has 2 aromatic carbocycles. The van der Waals surface area contributed by atoms with Gasteiger partial charge < -0.3 is 15.2 Å². The predicted octanol–water partition coefficient (Wildman–Crippen LogP) is 4.46. The van der Waals surface area contributed by atoms with E-state index in [1.807, 2.05) is 18.2 Å². The Morgan fingerprint density at radius 2 is 1.68 bits per heavy atom. The number of ether oxygens (including phenoxy) is 1. The molecule has 25 heavy (non-hydrogen) atoms. The van der Waals surface area contributed by atoms with E-state index in [1.54, 1.807) is 0 Å². The van der Waals surface area contributed by atoms with Crippen molar-refractivity contribution < 1.29 is 9.84 Å². The van der Waals surface area contributed by atoms with Crippen LogP contribution in [0.3, 0.4) is 0 Å². The number of para-hydroxylation sites is 1. The van der Waals surface area contributed by atoms with E-state index in [1.165, 1.54) is 16.7 Å². The van der Waals surface area contributed by atoms with Gasteiger partial charge in [0, 0.05) is 12.6 Å². The van der Waals surface area contributed by atoms with E-state index in [9.17, 15) is 5.11 Å². The van der Waals surface area contributed by atoms with E-state index in [-0.39, 0.29) is 12.6 Å². The van der Waals surface area contributed by atoms with E-state index >= 15 is 0 Å². The zero-order valence-electron chi connectivity index (χ0n) is 15.8. The molecule has 3 nitrogen and oxygen atoms in total. The predicted molar refractivity (Wildman–Crippen MR) is 104 cm³/mol. The highest BCUT2D eigenvalue weighted by atomic mass is 16.5. The highest BCUT2D eigenvalue weighted by molar-refractivity contribution is 5.35. The van der Waals surface area contributed by atoms with Crippen molar-refractivity contribution in [1.82, 2.24) is 5.32 Å². The molecule has 0 aliphatic heterocycles. The van der Waals surface area contributed by atoms with Crippen LogP contribution in [0, 0.1) is 0 Å². The lowest BCUT2D eigenvalue weighted by Gasteiger charge is -2.19. The molecule has 0 aliphatic carbocycles. The van der Waals surface area contributed by atoms with E-state index < -0.39 is 6.10 Å². The maximum Gasteiger partial charge on any atom is 0.122 e. The van der Waals surface area contributed by atoms with Crippen LogP contribution in [-0.4, -0.2) is 24.4 Å². The average Bonchev–Trinajstić information content (AvgIpc) is 2.64. The second kappa shape index (κ2) is 9.59. The lowest BCUT2D eigenvalue weighted by Crippen LogP contribution is -2.33. The fraction of sp³-hybridized carbons (Fsp3) is 0.455. The second-order valence-electron chi connectivity index (χ2n) is 6.88. The molecule has 0 aromatic heterocycles. The first kappa shape index (κ1) is 19.5. The number of benzene rings is 2.